The summed E-state index contributed by atoms with van der Waals surface area (Å²) in [6, 6.07) is 3.95. The van der Waals surface area contributed by atoms with Gasteiger partial charge in [0.15, 0.2) is 0 Å². The molecule has 2 aromatic rings. The van der Waals surface area contributed by atoms with Crippen LogP contribution in [0.25, 0.3) is 10.8 Å². The van der Waals surface area contributed by atoms with E-state index in [-0.39, 0.29) is 43.2 Å². The van der Waals surface area contributed by atoms with E-state index in [0.29, 0.717) is 61.7 Å². The summed E-state index contributed by atoms with van der Waals surface area (Å²) < 4.78 is 86.4. The Balaban J connectivity index is 1.37. The van der Waals surface area contributed by atoms with Crippen LogP contribution in [0.4, 0.5) is 18.0 Å². The second-order valence-corrected chi connectivity index (χ2v) is 19.4. The Bertz CT molecular complexity index is 2120. The third-order valence-corrected chi connectivity index (χ3v) is 13.5. The maximum absolute atomic E-state index is 14.8. The molecule has 3 heterocycles. The maximum atomic E-state index is 14.8. The molecule has 19 heteroatoms. The number of hydrogen-bond acceptors (Lipinski definition) is 10. The molecule has 3 fully saturated rings. The van der Waals surface area contributed by atoms with Gasteiger partial charge in [0.1, 0.15) is 23.7 Å². The van der Waals surface area contributed by atoms with E-state index >= 15 is 0 Å². The SMILES string of the molecule is CC1CCC=CC2CC2(C(=O)NS(=O)(=O)C2CC2)NC(=O)C2CC(Oc3nc(OC(C)C)cc4c(Cl)cccc34)CN2C(=O)C(NC(=O)OC(C)(C)C(F)(F)F)C(C)C1. The van der Waals surface area contributed by atoms with Crippen molar-refractivity contribution in [3.05, 3.63) is 41.4 Å². The van der Waals surface area contributed by atoms with E-state index in [1.807, 2.05) is 26.8 Å². The number of carbonyl (C=O) groups excluding carboxylic acids is 4. The monoisotopic (exact) mass is 869 g/mol. The minimum absolute atomic E-state index is 0.0489. The fourth-order valence-electron chi connectivity index (χ4n) is 7.68. The summed E-state index contributed by atoms with van der Waals surface area (Å²) in [5.74, 6) is -3.47. The molecule has 0 radical (unpaired) electrons. The molecule has 3 N–H and O–H groups in total. The van der Waals surface area contributed by atoms with Gasteiger partial charge in [-0.1, -0.05) is 43.7 Å². The highest BCUT2D eigenvalue weighted by Crippen LogP contribution is 2.46. The highest BCUT2D eigenvalue weighted by molar-refractivity contribution is 7.91. The largest absolute Gasteiger partial charge is 0.475 e. The van der Waals surface area contributed by atoms with E-state index in [2.05, 4.69) is 20.3 Å². The number of alkyl carbamates (subject to hydrolysis) is 1. The zero-order valence-electron chi connectivity index (χ0n) is 33.7. The van der Waals surface area contributed by atoms with Gasteiger partial charge in [0.2, 0.25) is 39.2 Å². The molecular weight excluding hydrogens is 819 g/mol. The summed E-state index contributed by atoms with van der Waals surface area (Å²) in [5.41, 5.74) is -4.54. The number of sulfonamides is 1. The molecule has 2 saturated carbocycles. The molecule has 1 aromatic carbocycles. The Kier molecular flexibility index (Phi) is 12.5. The first-order chi connectivity index (χ1) is 27.5. The van der Waals surface area contributed by atoms with Crippen molar-refractivity contribution in [2.75, 3.05) is 6.54 Å². The Hall–Kier alpha value is -4.32. The average molecular weight is 870 g/mol. The second-order valence-electron chi connectivity index (χ2n) is 17.0. The quantitative estimate of drug-likeness (QED) is 0.255. The van der Waals surface area contributed by atoms with Gasteiger partial charge in [-0.3, -0.25) is 19.1 Å². The van der Waals surface area contributed by atoms with Gasteiger partial charge >= 0.3 is 12.3 Å². The van der Waals surface area contributed by atoms with Crippen molar-refractivity contribution in [2.45, 2.75) is 133 Å². The number of amides is 4. The van der Waals surface area contributed by atoms with Crippen LogP contribution in [0.5, 0.6) is 11.8 Å². The van der Waals surface area contributed by atoms with Crippen molar-refractivity contribution in [1.82, 2.24) is 25.2 Å². The number of alkyl halides is 3. The van der Waals surface area contributed by atoms with Gasteiger partial charge < -0.3 is 29.7 Å². The minimum Gasteiger partial charge on any atom is -0.475 e. The molecule has 7 atom stereocenters. The molecule has 7 unspecified atom stereocenters. The number of allylic oxidation sites excluding steroid dienone is 1. The zero-order valence-corrected chi connectivity index (χ0v) is 35.3. The number of nitrogens with one attached hydrogen (secondary N) is 3. The van der Waals surface area contributed by atoms with Crippen molar-refractivity contribution in [1.29, 1.82) is 0 Å². The molecule has 1 saturated heterocycles. The molecule has 0 spiro atoms. The molecule has 324 valence electrons. The van der Waals surface area contributed by atoms with E-state index in [1.54, 1.807) is 37.3 Å². The number of benzene rings is 1. The molecule has 59 heavy (non-hydrogen) atoms. The van der Waals surface area contributed by atoms with Crippen LogP contribution in [0.15, 0.2) is 36.4 Å². The first kappa shape index (κ1) is 44.2. The van der Waals surface area contributed by atoms with Crippen molar-refractivity contribution in [2.24, 2.45) is 17.8 Å². The second kappa shape index (κ2) is 16.6. The Morgan fingerprint density at radius 3 is 2.46 bits per heavy atom. The van der Waals surface area contributed by atoms with Gasteiger partial charge in [0, 0.05) is 34.2 Å². The summed E-state index contributed by atoms with van der Waals surface area (Å²) in [6.45, 7) is 8.35. The molecule has 0 bridgehead atoms. The zero-order chi connectivity index (χ0) is 43.2. The lowest BCUT2D eigenvalue weighted by Gasteiger charge is -2.34. The van der Waals surface area contributed by atoms with Crippen molar-refractivity contribution in [3.63, 3.8) is 0 Å². The lowest BCUT2D eigenvalue weighted by molar-refractivity contribution is -0.244. The number of nitrogens with zero attached hydrogens (tertiary/aromatic N) is 2. The van der Waals surface area contributed by atoms with Gasteiger partial charge in [0.05, 0.1) is 17.9 Å². The first-order valence-electron chi connectivity index (χ1n) is 19.9. The normalized spacial score (nSPS) is 28.2. The number of rotatable bonds is 9. The van der Waals surface area contributed by atoms with Gasteiger partial charge in [-0.05, 0) is 90.2 Å². The molecule has 2 aliphatic heterocycles. The van der Waals surface area contributed by atoms with Crippen LogP contribution in [-0.4, -0.2) is 95.5 Å². The van der Waals surface area contributed by atoms with Crippen LogP contribution in [0.3, 0.4) is 0 Å². The molecular formula is C40H51ClF3N5O9S. The fraction of sp³-hybridized carbons (Fsp3) is 0.625. The minimum atomic E-state index is -4.92. The third-order valence-electron chi connectivity index (χ3n) is 11.3. The topological polar surface area (TPSA) is 182 Å². The van der Waals surface area contributed by atoms with Gasteiger partial charge in [-0.25, -0.2) is 13.2 Å². The number of aromatic nitrogens is 1. The van der Waals surface area contributed by atoms with E-state index < -0.39 is 86.4 Å². The number of pyridine rings is 1. The smallest absolute Gasteiger partial charge is 0.427 e. The molecule has 1 aromatic heterocycles. The molecule has 4 amide bonds. The standard InChI is InChI=1S/C40H51ClF3N5O9S/c1-21(2)56-31-18-28-27(12-9-13-29(28)41)34(45-31)57-25-17-30-33(50)47-39(36(52)48-59(54,55)26-14-15-26)19-24(39)11-8-7-10-22(3)16-23(4)32(35(51)49(30)20-25)46-37(53)58-38(5,6)40(42,43)44/h8-9,11-13,18,21-26,30,32H,7,10,14-17,19-20H2,1-6H3,(H,46,53)(H,47,50)(H,48,52). The summed E-state index contributed by atoms with van der Waals surface area (Å²) in [4.78, 5) is 62.1. The van der Waals surface area contributed by atoms with E-state index in [0.717, 1.165) is 0 Å². The van der Waals surface area contributed by atoms with E-state index in [4.69, 9.17) is 25.8 Å². The van der Waals surface area contributed by atoms with Gasteiger partial charge in [0.25, 0.3) is 5.91 Å². The van der Waals surface area contributed by atoms with Crippen molar-refractivity contribution >= 4 is 56.2 Å². The predicted molar refractivity (Wildman–Crippen MR) is 211 cm³/mol. The van der Waals surface area contributed by atoms with Crippen molar-refractivity contribution < 1.29 is 55.0 Å². The highest BCUT2D eigenvalue weighted by atomic mass is 35.5. The van der Waals surface area contributed by atoms with Gasteiger partial charge in [-0.15, -0.1) is 0 Å². The number of carbonyl (C=O) groups is 4. The summed E-state index contributed by atoms with van der Waals surface area (Å²) in [6.07, 6.45) is -1.73. The molecule has 14 nitrogen and oxygen atoms in total. The Morgan fingerprint density at radius 2 is 1.80 bits per heavy atom. The molecule has 6 rings (SSSR count). The number of halogens is 4. The Labute approximate surface area is 346 Å². The van der Waals surface area contributed by atoms with Crippen LogP contribution in [0.1, 0.15) is 86.5 Å². The van der Waals surface area contributed by atoms with Crippen LogP contribution in [-0.2, 0) is 29.1 Å². The van der Waals surface area contributed by atoms with Crippen LogP contribution < -0.4 is 24.8 Å². The number of hydrogen-bond donors (Lipinski definition) is 3. The number of fused-ring (bicyclic) bond motifs is 3. The van der Waals surface area contributed by atoms with E-state index in [1.165, 1.54) is 4.90 Å². The summed E-state index contributed by atoms with van der Waals surface area (Å²) in [7, 11) is -4.00. The summed E-state index contributed by atoms with van der Waals surface area (Å²) >= 11 is 6.56. The van der Waals surface area contributed by atoms with Crippen LogP contribution in [0, 0.1) is 17.8 Å². The molecule has 4 aliphatic rings. The lowest BCUT2D eigenvalue weighted by Crippen LogP contribution is -2.59. The van der Waals surface area contributed by atoms with Crippen LogP contribution >= 0.6 is 11.6 Å². The van der Waals surface area contributed by atoms with Crippen molar-refractivity contribution in [3.8, 4) is 11.8 Å². The fourth-order valence-corrected chi connectivity index (χ4v) is 9.27. The third kappa shape index (κ3) is 9.84. The number of ether oxygens (including phenoxy) is 3. The average Bonchev–Trinajstić information content (AvgIpc) is 4.05. The molecule has 2 aliphatic carbocycles. The highest BCUT2D eigenvalue weighted by Gasteiger charge is 2.62. The van der Waals surface area contributed by atoms with E-state index in [9.17, 15) is 40.8 Å². The predicted octanol–water partition coefficient (Wildman–Crippen LogP) is 5.96. The maximum Gasteiger partial charge on any atom is 0.427 e. The Morgan fingerprint density at radius 1 is 1.08 bits per heavy atom. The first-order valence-corrected chi connectivity index (χ1v) is 21.8. The lowest BCUT2D eigenvalue weighted by atomic mass is 9.88. The van der Waals surface area contributed by atoms with Gasteiger partial charge in [-0.2, -0.15) is 18.2 Å². The summed E-state index contributed by atoms with van der Waals surface area (Å²) in [5, 5.41) is 5.90. The van der Waals surface area contributed by atoms with Crippen LogP contribution in [0.2, 0.25) is 5.02 Å².